The summed E-state index contributed by atoms with van der Waals surface area (Å²) in [7, 11) is 1.38. The normalized spacial score (nSPS) is 20.2. The van der Waals surface area contributed by atoms with E-state index in [1.54, 1.807) is 0 Å². The molecule has 0 spiro atoms. The highest BCUT2D eigenvalue weighted by atomic mass is 19.3. The Morgan fingerprint density at radius 1 is 1.35 bits per heavy atom. The van der Waals surface area contributed by atoms with Gasteiger partial charge in [0.05, 0.1) is 7.11 Å². The fourth-order valence-electron chi connectivity index (χ4n) is 2.05. The van der Waals surface area contributed by atoms with E-state index in [-0.39, 0.29) is 24.9 Å². The van der Waals surface area contributed by atoms with Crippen LogP contribution in [0, 0.1) is 0 Å². The standard InChI is InChI=1S/C12H21F2NO2/c1-17-11(16)4-2-3-9-15-10-5-7-12(13,14)8-6-10/h10,15H,2-9H2,1H3. The van der Waals surface area contributed by atoms with Gasteiger partial charge >= 0.3 is 5.97 Å². The van der Waals surface area contributed by atoms with Crippen LogP contribution in [0.2, 0.25) is 0 Å². The lowest BCUT2D eigenvalue weighted by Gasteiger charge is -2.28. The molecule has 1 saturated carbocycles. The molecule has 0 aromatic heterocycles. The number of rotatable bonds is 6. The van der Waals surface area contributed by atoms with Crippen LogP contribution >= 0.6 is 0 Å². The molecule has 1 N–H and O–H groups in total. The van der Waals surface area contributed by atoms with E-state index in [9.17, 15) is 13.6 Å². The zero-order valence-corrected chi connectivity index (χ0v) is 10.3. The van der Waals surface area contributed by atoms with Gasteiger partial charge < -0.3 is 10.1 Å². The lowest BCUT2D eigenvalue weighted by atomic mass is 9.92. The first-order valence-electron chi connectivity index (χ1n) is 6.21. The van der Waals surface area contributed by atoms with E-state index in [1.165, 1.54) is 7.11 Å². The van der Waals surface area contributed by atoms with Crippen LogP contribution in [0.4, 0.5) is 8.78 Å². The molecule has 5 heteroatoms. The number of carbonyl (C=O) groups excluding carboxylic acids is 1. The van der Waals surface area contributed by atoms with E-state index in [4.69, 9.17) is 0 Å². The average Bonchev–Trinajstić information content (AvgIpc) is 2.30. The van der Waals surface area contributed by atoms with Crippen LogP contribution < -0.4 is 5.32 Å². The largest absolute Gasteiger partial charge is 0.469 e. The van der Waals surface area contributed by atoms with Crippen molar-refractivity contribution in [1.82, 2.24) is 5.32 Å². The summed E-state index contributed by atoms with van der Waals surface area (Å²) in [5, 5.41) is 3.27. The molecule has 0 saturated heterocycles. The number of hydrogen-bond acceptors (Lipinski definition) is 3. The summed E-state index contributed by atoms with van der Waals surface area (Å²) in [5.74, 6) is -2.65. The number of nitrogens with one attached hydrogen (secondary N) is 1. The summed E-state index contributed by atoms with van der Waals surface area (Å²) in [6, 6.07) is 0.216. The van der Waals surface area contributed by atoms with Crippen molar-refractivity contribution in [2.45, 2.75) is 56.9 Å². The molecule has 1 fully saturated rings. The molecule has 17 heavy (non-hydrogen) atoms. The van der Waals surface area contributed by atoms with Gasteiger partial charge in [-0.1, -0.05) is 0 Å². The summed E-state index contributed by atoms with van der Waals surface area (Å²) in [6.07, 6.45) is 3.17. The summed E-state index contributed by atoms with van der Waals surface area (Å²) in [6.45, 7) is 0.785. The van der Waals surface area contributed by atoms with Gasteiger partial charge in [-0.2, -0.15) is 0 Å². The summed E-state index contributed by atoms with van der Waals surface area (Å²) in [5.41, 5.74) is 0. The van der Waals surface area contributed by atoms with Gasteiger partial charge in [-0.05, 0) is 32.2 Å². The molecular formula is C12H21F2NO2. The number of esters is 1. The molecule has 0 amide bonds. The molecule has 100 valence electrons. The number of carbonyl (C=O) groups is 1. The maximum atomic E-state index is 12.9. The zero-order chi connectivity index (χ0) is 12.7. The van der Waals surface area contributed by atoms with Crippen molar-refractivity contribution in [3.63, 3.8) is 0 Å². The van der Waals surface area contributed by atoms with Gasteiger partial charge in [-0.25, -0.2) is 8.78 Å². The maximum Gasteiger partial charge on any atom is 0.305 e. The molecule has 1 aliphatic rings. The molecule has 0 unspecified atom stereocenters. The van der Waals surface area contributed by atoms with Crippen molar-refractivity contribution < 1.29 is 18.3 Å². The molecule has 1 rings (SSSR count). The Morgan fingerprint density at radius 3 is 2.59 bits per heavy atom. The van der Waals surface area contributed by atoms with Gasteiger partial charge in [0, 0.05) is 25.3 Å². The van der Waals surface area contributed by atoms with Crippen molar-refractivity contribution >= 4 is 5.97 Å². The van der Waals surface area contributed by atoms with Crippen LogP contribution in [0.15, 0.2) is 0 Å². The van der Waals surface area contributed by atoms with E-state index in [0.717, 1.165) is 19.4 Å². The summed E-state index contributed by atoms with van der Waals surface area (Å²) >= 11 is 0. The highest BCUT2D eigenvalue weighted by molar-refractivity contribution is 5.68. The van der Waals surface area contributed by atoms with Gasteiger partial charge in [0.15, 0.2) is 0 Å². The van der Waals surface area contributed by atoms with Crippen molar-refractivity contribution in [1.29, 1.82) is 0 Å². The number of alkyl halides is 2. The highest BCUT2D eigenvalue weighted by Gasteiger charge is 2.34. The van der Waals surface area contributed by atoms with Gasteiger partial charge in [-0.3, -0.25) is 4.79 Å². The summed E-state index contributed by atoms with van der Waals surface area (Å²) < 4.78 is 30.3. The third-order valence-electron chi connectivity index (χ3n) is 3.19. The van der Waals surface area contributed by atoms with E-state index < -0.39 is 5.92 Å². The molecule has 3 nitrogen and oxygen atoms in total. The van der Waals surface area contributed by atoms with Crippen molar-refractivity contribution in [2.75, 3.05) is 13.7 Å². The SMILES string of the molecule is COC(=O)CCCCNC1CCC(F)(F)CC1. The molecule has 0 aromatic rings. The van der Waals surface area contributed by atoms with Crippen LogP contribution in [0.1, 0.15) is 44.9 Å². The quantitative estimate of drug-likeness (QED) is 0.580. The van der Waals surface area contributed by atoms with Gasteiger partial charge in [0.1, 0.15) is 0 Å². The van der Waals surface area contributed by atoms with E-state index in [2.05, 4.69) is 10.1 Å². The second-order valence-corrected chi connectivity index (χ2v) is 4.62. The summed E-state index contributed by atoms with van der Waals surface area (Å²) in [4.78, 5) is 10.8. The molecule has 0 radical (unpaired) electrons. The Balaban J connectivity index is 1.99. The predicted octanol–water partition coefficient (Wildman–Crippen LogP) is 2.50. The molecule has 0 aromatic carbocycles. The van der Waals surface area contributed by atoms with Gasteiger partial charge in [-0.15, -0.1) is 0 Å². The van der Waals surface area contributed by atoms with Crippen LogP contribution in [0.3, 0.4) is 0 Å². The van der Waals surface area contributed by atoms with Gasteiger partial charge in [0.25, 0.3) is 0 Å². The fraction of sp³-hybridized carbons (Fsp3) is 0.917. The zero-order valence-electron chi connectivity index (χ0n) is 10.3. The predicted molar refractivity (Wildman–Crippen MR) is 61.1 cm³/mol. The van der Waals surface area contributed by atoms with E-state index in [0.29, 0.717) is 19.3 Å². The Kier molecular flexibility index (Phi) is 5.82. The minimum absolute atomic E-state index is 0.00712. The van der Waals surface area contributed by atoms with E-state index >= 15 is 0 Å². The molecule has 0 bridgehead atoms. The molecular weight excluding hydrogens is 228 g/mol. The molecule has 0 atom stereocenters. The van der Waals surface area contributed by atoms with E-state index in [1.807, 2.05) is 0 Å². The Labute approximate surface area is 101 Å². The average molecular weight is 249 g/mol. The number of unbranched alkanes of at least 4 members (excludes halogenated alkanes) is 1. The fourth-order valence-corrected chi connectivity index (χ4v) is 2.05. The highest BCUT2D eigenvalue weighted by Crippen LogP contribution is 2.32. The second-order valence-electron chi connectivity index (χ2n) is 4.62. The monoisotopic (exact) mass is 249 g/mol. The van der Waals surface area contributed by atoms with Crippen molar-refractivity contribution in [3.05, 3.63) is 0 Å². The second kappa shape index (κ2) is 6.89. The minimum Gasteiger partial charge on any atom is -0.469 e. The Hall–Kier alpha value is -0.710. The first kappa shape index (κ1) is 14.4. The van der Waals surface area contributed by atoms with Crippen molar-refractivity contribution in [2.24, 2.45) is 0 Å². The van der Waals surface area contributed by atoms with Crippen LogP contribution in [-0.4, -0.2) is 31.6 Å². The number of hydrogen-bond donors (Lipinski definition) is 1. The number of methoxy groups -OCH3 is 1. The first-order chi connectivity index (χ1) is 8.03. The molecule has 0 aliphatic heterocycles. The smallest absolute Gasteiger partial charge is 0.305 e. The lowest BCUT2D eigenvalue weighted by molar-refractivity contribution is -0.140. The van der Waals surface area contributed by atoms with Crippen LogP contribution in [-0.2, 0) is 9.53 Å². The third-order valence-corrected chi connectivity index (χ3v) is 3.19. The van der Waals surface area contributed by atoms with Crippen LogP contribution in [0.5, 0.6) is 0 Å². The lowest BCUT2D eigenvalue weighted by Crippen LogP contribution is -2.37. The molecule has 1 aliphatic carbocycles. The van der Waals surface area contributed by atoms with Gasteiger partial charge in [0.2, 0.25) is 5.92 Å². The Bertz CT molecular complexity index is 237. The number of ether oxygens (including phenoxy) is 1. The first-order valence-corrected chi connectivity index (χ1v) is 6.21. The van der Waals surface area contributed by atoms with Crippen molar-refractivity contribution in [3.8, 4) is 0 Å². The third kappa shape index (κ3) is 5.96. The number of halogens is 2. The maximum absolute atomic E-state index is 12.9. The van der Waals surface area contributed by atoms with Crippen LogP contribution in [0.25, 0.3) is 0 Å². The Morgan fingerprint density at radius 2 is 2.00 bits per heavy atom. The minimum atomic E-state index is -2.46. The molecule has 0 heterocycles. The topological polar surface area (TPSA) is 38.3 Å².